The molecule has 120 valence electrons. The first kappa shape index (κ1) is 15.3. The number of fused-ring (bicyclic) bond motifs is 1. The van der Waals surface area contributed by atoms with Crippen molar-refractivity contribution in [3.05, 3.63) is 53.1 Å². The Morgan fingerprint density at radius 2 is 1.96 bits per heavy atom. The number of aromatic amines is 1. The van der Waals surface area contributed by atoms with Gasteiger partial charge in [-0.15, -0.1) is 0 Å². The van der Waals surface area contributed by atoms with Crippen molar-refractivity contribution in [2.45, 2.75) is 12.6 Å². The van der Waals surface area contributed by atoms with Crippen LogP contribution in [0.3, 0.4) is 0 Å². The SMILES string of the molecule is COc1nc2nc(C(F)(F)F)[nH]c2cc1Cc1cccc(F)c1. The molecule has 2 heterocycles. The van der Waals surface area contributed by atoms with E-state index in [-0.39, 0.29) is 23.5 Å². The molecule has 4 nitrogen and oxygen atoms in total. The number of nitrogens with zero attached hydrogens (tertiary/aromatic N) is 2. The van der Waals surface area contributed by atoms with Crippen molar-refractivity contribution in [2.24, 2.45) is 0 Å². The molecule has 0 aliphatic heterocycles. The molecule has 0 saturated carbocycles. The molecule has 0 unspecified atom stereocenters. The Balaban J connectivity index is 2.05. The van der Waals surface area contributed by atoms with Crippen molar-refractivity contribution in [3.8, 4) is 5.88 Å². The fourth-order valence-corrected chi connectivity index (χ4v) is 2.27. The van der Waals surface area contributed by atoms with E-state index in [9.17, 15) is 17.6 Å². The summed E-state index contributed by atoms with van der Waals surface area (Å²) in [5.74, 6) is -1.36. The van der Waals surface area contributed by atoms with Gasteiger partial charge < -0.3 is 9.72 Å². The Labute approximate surface area is 128 Å². The van der Waals surface area contributed by atoms with Crippen LogP contribution in [-0.2, 0) is 12.6 Å². The van der Waals surface area contributed by atoms with Crippen LogP contribution in [-0.4, -0.2) is 22.1 Å². The number of hydrogen-bond donors (Lipinski definition) is 1. The summed E-state index contributed by atoms with van der Waals surface area (Å²) in [6.07, 6.45) is -4.32. The van der Waals surface area contributed by atoms with E-state index in [0.717, 1.165) is 0 Å². The number of aromatic nitrogens is 3. The number of rotatable bonds is 3. The first-order valence-corrected chi connectivity index (χ1v) is 6.62. The zero-order chi connectivity index (χ0) is 16.6. The molecule has 0 aliphatic rings. The maximum Gasteiger partial charge on any atom is 0.449 e. The molecular weight excluding hydrogens is 314 g/mol. The van der Waals surface area contributed by atoms with Crippen LogP contribution < -0.4 is 4.74 Å². The predicted octanol–water partition coefficient (Wildman–Crippen LogP) is 3.72. The number of methoxy groups -OCH3 is 1. The van der Waals surface area contributed by atoms with E-state index in [0.29, 0.717) is 11.1 Å². The van der Waals surface area contributed by atoms with Gasteiger partial charge in [-0.3, -0.25) is 0 Å². The second kappa shape index (κ2) is 5.53. The summed E-state index contributed by atoms with van der Waals surface area (Å²) in [5.41, 5.74) is 1.24. The summed E-state index contributed by atoms with van der Waals surface area (Å²) in [4.78, 5) is 9.61. The molecule has 0 radical (unpaired) electrons. The van der Waals surface area contributed by atoms with E-state index in [2.05, 4.69) is 15.0 Å². The van der Waals surface area contributed by atoms with E-state index in [4.69, 9.17) is 4.74 Å². The molecule has 2 aromatic heterocycles. The minimum Gasteiger partial charge on any atom is -0.481 e. The minimum absolute atomic E-state index is 0.0860. The first-order chi connectivity index (χ1) is 10.9. The van der Waals surface area contributed by atoms with Gasteiger partial charge in [0.05, 0.1) is 12.6 Å². The van der Waals surface area contributed by atoms with Gasteiger partial charge in [0, 0.05) is 12.0 Å². The Bertz CT molecular complexity index is 858. The highest BCUT2D eigenvalue weighted by Gasteiger charge is 2.35. The van der Waals surface area contributed by atoms with Gasteiger partial charge in [-0.05, 0) is 23.8 Å². The van der Waals surface area contributed by atoms with Gasteiger partial charge in [-0.2, -0.15) is 18.2 Å². The number of H-pyrrole nitrogens is 1. The van der Waals surface area contributed by atoms with Crippen LogP contribution in [0, 0.1) is 5.82 Å². The monoisotopic (exact) mass is 325 g/mol. The largest absolute Gasteiger partial charge is 0.481 e. The average Bonchev–Trinajstić information content (AvgIpc) is 2.89. The quantitative estimate of drug-likeness (QED) is 0.747. The highest BCUT2D eigenvalue weighted by molar-refractivity contribution is 5.73. The van der Waals surface area contributed by atoms with Crippen LogP contribution in [0.25, 0.3) is 11.2 Å². The minimum atomic E-state index is -4.59. The smallest absolute Gasteiger partial charge is 0.449 e. The lowest BCUT2D eigenvalue weighted by atomic mass is 10.1. The number of alkyl halides is 3. The number of halogens is 4. The fraction of sp³-hybridized carbons (Fsp3) is 0.200. The highest BCUT2D eigenvalue weighted by Crippen LogP contribution is 2.30. The van der Waals surface area contributed by atoms with E-state index in [1.165, 1.54) is 25.3 Å². The molecule has 8 heteroatoms. The number of pyridine rings is 1. The van der Waals surface area contributed by atoms with Crippen molar-refractivity contribution in [2.75, 3.05) is 7.11 Å². The Kier molecular flexibility index (Phi) is 3.67. The highest BCUT2D eigenvalue weighted by atomic mass is 19.4. The van der Waals surface area contributed by atoms with Crippen molar-refractivity contribution in [1.29, 1.82) is 0 Å². The molecule has 0 spiro atoms. The van der Waals surface area contributed by atoms with Gasteiger partial charge in [-0.25, -0.2) is 9.37 Å². The topological polar surface area (TPSA) is 50.8 Å². The van der Waals surface area contributed by atoms with Gasteiger partial charge in [0.1, 0.15) is 5.82 Å². The maximum absolute atomic E-state index is 13.3. The van der Waals surface area contributed by atoms with Crippen LogP contribution in [0.15, 0.2) is 30.3 Å². The van der Waals surface area contributed by atoms with E-state index in [1.54, 1.807) is 12.1 Å². The Morgan fingerprint density at radius 1 is 1.17 bits per heavy atom. The first-order valence-electron chi connectivity index (χ1n) is 6.62. The maximum atomic E-state index is 13.3. The number of hydrogen-bond acceptors (Lipinski definition) is 3. The van der Waals surface area contributed by atoms with Crippen LogP contribution in [0.2, 0.25) is 0 Å². The third kappa shape index (κ3) is 3.10. The summed E-state index contributed by atoms with van der Waals surface area (Å²) in [7, 11) is 1.36. The summed E-state index contributed by atoms with van der Waals surface area (Å²) < 4.78 is 56.5. The van der Waals surface area contributed by atoms with Gasteiger partial charge in [0.15, 0.2) is 5.65 Å². The molecule has 1 aromatic carbocycles. The number of ether oxygens (including phenoxy) is 1. The summed E-state index contributed by atoms with van der Waals surface area (Å²) in [6.45, 7) is 0. The molecule has 0 saturated heterocycles. The lowest BCUT2D eigenvalue weighted by Crippen LogP contribution is -2.06. The van der Waals surface area contributed by atoms with Crippen molar-refractivity contribution < 1.29 is 22.3 Å². The van der Waals surface area contributed by atoms with Crippen molar-refractivity contribution >= 4 is 11.2 Å². The van der Waals surface area contributed by atoms with Gasteiger partial charge in [0.25, 0.3) is 0 Å². The summed E-state index contributed by atoms with van der Waals surface area (Å²) >= 11 is 0. The van der Waals surface area contributed by atoms with E-state index >= 15 is 0 Å². The lowest BCUT2D eigenvalue weighted by molar-refractivity contribution is -0.144. The normalized spacial score (nSPS) is 11.9. The molecule has 0 atom stereocenters. The lowest BCUT2D eigenvalue weighted by Gasteiger charge is -2.07. The molecule has 0 bridgehead atoms. The fourth-order valence-electron chi connectivity index (χ4n) is 2.27. The van der Waals surface area contributed by atoms with Gasteiger partial charge in [0.2, 0.25) is 11.7 Å². The van der Waals surface area contributed by atoms with Crippen LogP contribution in [0.4, 0.5) is 17.6 Å². The second-order valence-electron chi connectivity index (χ2n) is 4.92. The molecule has 1 N–H and O–H groups in total. The predicted molar refractivity (Wildman–Crippen MR) is 74.6 cm³/mol. The Morgan fingerprint density at radius 3 is 2.61 bits per heavy atom. The molecule has 0 amide bonds. The molecule has 23 heavy (non-hydrogen) atoms. The third-order valence-electron chi connectivity index (χ3n) is 3.26. The average molecular weight is 325 g/mol. The van der Waals surface area contributed by atoms with Crippen molar-refractivity contribution in [3.63, 3.8) is 0 Å². The second-order valence-corrected chi connectivity index (χ2v) is 4.92. The molecule has 0 fully saturated rings. The zero-order valence-corrected chi connectivity index (χ0v) is 11.9. The number of imidazole rings is 1. The molecule has 0 aliphatic carbocycles. The summed E-state index contributed by atoms with van der Waals surface area (Å²) in [6, 6.07) is 7.40. The third-order valence-corrected chi connectivity index (χ3v) is 3.26. The van der Waals surface area contributed by atoms with Crippen LogP contribution >= 0.6 is 0 Å². The van der Waals surface area contributed by atoms with Crippen molar-refractivity contribution in [1.82, 2.24) is 15.0 Å². The Hall–Kier alpha value is -2.64. The molecule has 3 aromatic rings. The number of benzene rings is 1. The van der Waals surface area contributed by atoms with Gasteiger partial charge in [-0.1, -0.05) is 12.1 Å². The van der Waals surface area contributed by atoms with Crippen LogP contribution in [0.1, 0.15) is 17.0 Å². The van der Waals surface area contributed by atoms with Gasteiger partial charge >= 0.3 is 6.18 Å². The standard InChI is InChI=1S/C15H11F4N3O/c1-23-13-9(5-8-3-2-4-10(16)6-8)7-11-12(21-13)22-14(20-11)15(17,18)19/h2-4,6-7H,5H2,1H3,(H,20,21,22). The molecule has 3 rings (SSSR count). The van der Waals surface area contributed by atoms with Crippen LogP contribution in [0.5, 0.6) is 5.88 Å². The molecular formula is C15H11F4N3O. The zero-order valence-electron chi connectivity index (χ0n) is 11.9. The number of nitrogens with one attached hydrogen (secondary N) is 1. The van der Waals surface area contributed by atoms with E-state index < -0.39 is 17.8 Å². The summed E-state index contributed by atoms with van der Waals surface area (Å²) in [5, 5.41) is 0. The van der Waals surface area contributed by atoms with E-state index in [1.807, 2.05) is 0 Å².